The number of amides is 1. The van der Waals surface area contributed by atoms with Crippen LogP contribution in [0.5, 0.6) is 0 Å². The van der Waals surface area contributed by atoms with Crippen LogP contribution in [0.3, 0.4) is 0 Å². The van der Waals surface area contributed by atoms with Crippen LogP contribution < -0.4 is 5.32 Å². The summed E-state index contributed by atoms with van der Waals surface area (Å²) in [5, 5.41) is 12.6. The van der Waals surface area contributed by atoms with Gasteiger partial charge in [0.15, 0.2) is 0 Å². The van der Waals surface area contributed by atoms with Crippen LogP contribution in [-0.4, -0.2) is 50.2 Å². The molecule has 8 nitrogen and oxygen atoms in total. The standard InChI is InChI=1S/C23H22F3N3O5S/c24-23(25,26)22(31)34-29-13-5-4-8-20(29)21(30)28-17(15-27)14-16-9-11-19(12-10-16)35(32,33)18-6-2-1-3-7-18/h1-3,6-7,9-12,17,20H,4-5,8,13-14H2,(H,28,30)/t17-,20-/m0/s1. The lowest BCUT2D eigenvalue weighted by Gasteiger charge is -2.33. The largest absolute Gasteiger partial charge is 0.492 e. The Morgan fingerprint density at radius 1 is 1.09 bits per heavy atom. The molecule has 1 amide bonds. The predicted octanol–water partition coefficient (Wildman–Crippen LogP) is 2.95. The van der Waals surface area contributed by atoms with Gasteiger partial charge in [0.1, 0.15) is 12.1 Å². The van der Waals surface area contributed by atoms with Crippen LogP contribution >= 0.6 is 0 Å². The van der Waals surface area contributed by atoms with Crippen molar-refractivity contribution < 1.29 is 36.0 Å². The lowest BCUT2D eigenvalue weighted by atomic mass is 10.0. The van der Waals surface area contributed by atoms with Gasteiger partial charge < -0.3 is 10.2 Å². The second-order valence-electron chi connectivity index (χ2n) is 7.88. The predicted molar refractivity (Wildman–Crippen MR) is 116 cm³/mol. The lowest BCUT2D eigenvalue weighted by molar-refractivity contribution is -0.248. The number of halogens is 3. The van der Waals surface area contributed by atoms with Crippen LogP contribution in [0.25, 0.3) is 0 Å². The van der Waals surface area contributed by atoms with Crippen molar-refractivity contribution in [2.45, 2.75) is 53.7 Å². The van der Waals surface area contributed by atoms with Crippen molar-refractivity contribution in [3.8, 4) is 6.07 Å². The molecular formula is C23H22F3N3O5S. The average Bonchev–Trinajstić information content (AvgIpc) is 2.84. The molecule has 0 aliphatic carbocycles. The fourth-order valence-corrected chi connectivity index (χ4v) is 4.89. The van der Waals surface area contributed by atoms with E-state index in [1.807, 2.05) is 6.07 Å². The van der Waals surface area contributed by atoms with Gasteiger partial charge in [-0.05, 0) is 49.1 Å². The fourth-order valence-electron chi connectivity index (χ4n) is 3.61. The maximum atomic E-state index is 12.7. The first-order valence-electron chi connectivity index (χ1n) is 10.7. The molecule has 1 heterocycles. The van der Waals surface area contributed by atoms with Gasteiger partial charge in [-0.2, -0.15) is 18.4 Å². The first-order valence-corrected chi connectivity index (χ1v) is 12.2. The molecule has 3 rings (SSSR count). The molecule has 1 aliphatic heterocycles. The number of benzene rings is 2. The monoisotopic (exact) mass is 509 g/mol. The van der Waals surface area contributed by atoms with Crippen molar-refractivity contribution in [2.75, 3.05) is 6.54 Å². The summed E-state index contributed by atoms with van der Waals surface area (Å²) in [4.78, 5) is 28.5. The van der Waals surface area contributed by atoms with Crippen LogP contribution in [0.2, 0.25) is 0 Å². The molecule has 0 saturated carbocycles. The Morgan fingerprint density at radius 3 is 2.31 bits per heavy atom. The Morgan fingerprint density at radius 2 is 1.71 bits per heavy atom. The Kier molecular flexibility index (Phi) is 8.14. The van der Waals surface area contributed by atoms with Gasteiger partial charge in [0, 0.05) is 13.0 Å². The van der Waals surface area contributed by atoms with E-state index in [9.17, 15) is 36.4 Å². The van der Waals surface area contributed by atoms with Gasteiger partial charge in [0.25, 0.3) is 0 Å². The van der Waals surface area contributed by atoms with Gasteiger partial charge in [-0.1, -0.05) is 30.3 Å². The summed E-state index contributed by atoms with van der Waals surface area (Å²) in [5.74, 6) is -3.16. The van der Waals surface area contributed by atoms with Gasteiger partial charge in [-0.15, -0.1) is 5.06 Å². The van der Waals surface area contributed by atoms with E-state index < -0.39 is 40.0 Å². The van der Waals surface area contributed by atoms with E-state index in [-0.39, 0.29) is 29.2 Å². The average molecular weight is 510 g/mol. The van der Waals surface area contributed by atoms with E-state index in [1.54, 1.807) is 18.2 Å². The number of rotatable bonds is 7. The van der Waals surface area contributed by atoms with Crippen molar-refractivity contribution >= 4 is 21.7 Å². The van der Waals surface area contributed by atoms with Crippen molar-refractivity contribution in [3.63, 3.8) is 0 Å². The summed E-state index contributed by atoms with van der Waals surface area (Å²) in [6, 6.07) is 13.4. The Balaban J connectivity index is 1.66. The number of nitriles is 1. The minimum Gasteiger partial charge on any atom is -0.360 e. The second-order valence-corrected chi connectivity index (χ2v) is 9.83. The molecule has 0 radical (unpaired) electrons. The van der Waals surface area contributed by atoms with E-state index >= 15 is 0 Å². The van der Waals surface area contributed by atoms with E-state index in [2.05, 4.69) is 10.2 Å². The third-order valence-electron chi connectivity index (χ3n) is 5.39. The molecule has 1 N–H and O–H groups in total. The first-order chi connectivity index (χ1) is 16.5. The molecule has 2 atom stereocenters. The van der Waals surface area contributed by atoms with Crippen molar-refractivity contribution in [1.29, 1.82) is 5.26 Å². The Labute approximate surface area is 200 Å². The highest BCUT2D eigenvalue weighted by Crippen LogP contribution is 2.23. The number of alkyl halides is 3. The molecule has 35 heavy (non-hydrogen) atoms. The maximum Gasteiger partial charge on any atom is 0.492 e. The zero-order valence-corrected chi connectivity index (χ0v) is 19.2. The smallest absolute Gasteiger partial charge is 0.360 e. The zero-order valence-electron chi connectivity index (χ0n) is 18.4. The minimum absolute atomic E-state index is 0.0307. The van der Waals surface area contributed by atoms with E-state index in [1.165, 1.54) is 36.4 Å². The Bertz CT molecular complexity index is 1200. The van der Waals surface area contributed by atoms with Crippen molar-refractivity contribution in [1.82, 2.24) is 10.4 Å². The van der Waals surface area contributed by atoms with Gasteiger partial charge >= 0.3 is 12.1 Å². The zero-order chi connectivity index (χ0) is 25.6. The highest BCUT2D eigenvalue weighted by atomic mass is 32.2. The number of piperidine rings is 1. The lowest BCUT2D eigenvalue weighted by Crippen LogP contribution is -2.53. The van der Waals surface area contributed by atoms with Gasteiger partial charge in [-0.3, -0.25) is 4.79 Å². The molecule has 0 unspecified atom stereocenters. The van der Waals surface area contributed by atoms with Crippen LogP contribution in [0.4, 0.5) is 13.2 Å². The molecule has 2 aromatic carbocycles. The summed E-state index contributed by atoms with van der Waals surface area (Å²) in [6.07, 6.45) is -4.04. The van der Waals surface area contributed by atoms with Crippen LogP contribution in [0.1, 0.15) is 24.8 Å². The van der Waals surface area contributed by atoms with Crippen LogP contribution in [-0.2, 0) is 30.7 Å². The molecule has 186 valence electrons. The topological polar surface area (TPSA) is 117 Å². The van der Waals surface area contributed by atoms with Gasteiger partial charge in [0.2, 0.25) is 15.7 Å². The molecular weight excluding hydrogens is 487 g/mol. The summed E-state index contributed by atoms with van der Waals surface area (Å²) in [7, 11) is -3.71. The summed E-state index contributed by atoms with van der Waals surface area (Å²) < 4.78 is 63.1. The van der Waals surface area contributed by atoms with Gasteiger partial charge in [-0.25, -0.2) is 13.2 Å². The second kappa shape index (κ2) is 10.9. The molecule has 0 spiro atoms. The molecule has 0 bridgehead atoms. The molecule has 2 aromatic rings. The van der Waals surface area contributed by atoms with E-state index in [0.29, 0.717) is 23.5 Å². The SMILES string of the molecule is N#C[C@H](Cc1ccc(S(=O)(=O)c2ccccc2)cc1)NC(=O)[C@@H]1CCCCN1OC(=O)C(F)(F)F. The molecule has 1 aliphatic rings. The van der Waals surface area contributed by atoms with E-state index in [0.717, 1.165) is 0 Å². The number of carbonyl (C=O) groups is 2. The minimum atomic E-state index is -5.20. The highest BCUT2D eigenvalue weighted by molar-refractivity contribution is 7.91. The van der Waals surface area contributed by atoms with Gasteiger partial charge in [0.05, 0.1) is 15.9 Å². The maximum absolute atomic E-state index is 12.7. The summed E-state index contributed by atoms with van der Waals surface area (Å²) in [6.45, 7) is -0.0471. The quantitative estimate of drug-likeness (QED) is 0.610. The third-order valence-corrected chi connectivity index (χ3v) is 7.17. The number of carbonyl (C=O) groups excluding carboxylic acids is 2. The number of nitrogens with zero attached hydrogens (tertiary/aromatic N) is 2. The number of sulfone groups is 1. The van der Waals surface area contributed by atoms with Crippen molar-refractivity contribution in [3.05, 3.63) is 60.2 Å². The highest BCUT2D eigenvalue weighted by Gasteiger charge is 2.44. The fraction of sp³-hybridized carbons (Fsp3) is 0.348. The van der Waals surface area contributed by atoms with Crippen LogP contribution in [0.15, 0.2) is 64.4 Å². The number of hydroxylamine groups is 2. The number of hydrogen-bond acceptors (Lipinski definition) is 7. The number of nitrogens with one attached hydrogen (secondary N) is 1. The molecule has 1 saturated heterocycles. The molecule has 1 fully saturated rings. The van der Waals surface area contributed by atoms with E-state index in [4.69, 9.17) is 0 Å². The molecule has 12 heteroatoms. The van der Waals surface area contributed by atoms with Crippen molar-refractivity contribution in [2.24, 2.45) is 0 Å². The number of hydrogen-bond donors (Lipinski definition) is 1. The normalized spacial score (nSPS) is 17.7. The molecule has 0 aromatic heterocycles. The first kappa shape index (κ1) is 26.2. The third kappa shape index (κ3) is 6.58. The van der Waals surface area contributed by atoms with Crippen LogP contribution in [0, 0.1) is 11.3 Å². The summed E-state index contributed by atoms with van der Waals surface area (Å²) in [5.41, 5.74) is 0.563. The summed E-state index contributed by atoms with van der Waals surface area (Å²) >= 11 is 0. The Hall–Kier alpha value is -3.43.